The number of ether oxygens (including phenoxy) is 2. The summed E-state index contributed by atoms with van der Waals surface area (Å²) in [5.41, 5.74) is -0.330. The van der Waals surface area contributed by atoms with Crippen LogP contribution in [0.5, 0.6) is 0 Å². The van der Waals surface area contributed by atoms with Crippen LogP contribution in [0.3, 0.4) is 0 Å². The largest absolute Gasteiger partial charge is 0.393 e. The third-order valence-corrected chi connectivity index (χ3v) is 4.21. The van der Waals surface area contributed by atoms with Crippen molar-refractivity contribution in [1.29, 1.82) is 0 Å². The average Bonchev–Trinajstić information content (AvgIpc) is 2.71. The summed E-state index contributed by atoms with van der Waals surface area (Å²) in [6.45, 7) is 10.1. The van der Waals surface area contributed by atoms with E-state index in [9.17, 15) is 5.11 Å². The van der Waals surface area contributed by atoms with E-state index in [0.29, 0.717) is 5.92 Å². The van der Waals surface area contributed by atoms with Gasteiger partial charge < -0.3 is 14.6 Å². The lowest BCUT2D eigenvalue weighted by atomic mass is 9.80. The molecule has 0 radical (unpaired) electrons. The van der Waals surface area contributed by atoms with E-state index in [2.05, 4.69) is 27.7 Å². The molecule has 0 amide bonds. The van der Waals surface area contributed by atoms with Gasteiger partial charge in [-0.2, -0.15) is 0 Å². The summed E-state index contributed by atoms with van der Waals surface area (Å²) in [6, 6.07) is 0. The van der Waals surface area contributed by atoms with E-state index < -0.39 is 0 Å². The molecule has 2 rings (SSSR count). The first-order valence-electron chi connectivity index (χ1n) is 6.76. The summed E-state index contributed by atoms with van der Waals surface area (Å²) in [7, 11) is 0. The molecule has 0 bridgehead atoms. The summed E-state index contributed by atoms with van der Waals surface area (Å²) in [5.74, 6) is 0.766. The second-order valence-electron chi connectivity index (χ2n) is 6.81. The Morgan fingerprint density at radius 1 is 1.29 bits per heavy atom. The van der Waals surface area contributed by atoms with Crippen molar-refractivity contribution >= 4 is 0 Å². The minimum atomic E-state index is -0.265. The van der Waals surface area contributed by atoms with Crippen LogP contribution >= 0.6 is 0 Å². The summed E-state index contributed by atoms with van der Waals surface area (Å²) < 4.78 is 11.4. The van der Waals surface area contributed by atoms with Gasteiger partial charge in [0.15, 0.2) is 0 Å². The molecule has 0 saturated carbocycles. The number of aliphatic hydroxyl groups excluding tert-OH is 1. The van der Waals surface area contributed by atoms with Gasteiger partial charge in [-0.1, -0.05) is 0 Å². The molecule has 3 heteroatoms. The van der Waals surface area contributed by atoms with Crippen molar-refractivity contribution in [3.63, 3.8) is 0 Å². The van der Waals surface area contributed by atoms with E-state index >= 15 is 0 Å². The molecule has 3 unspecified atom stereocenters. The highest BCUT2D eigenvalue weighted by atomic mass is 16.5. The predicted octanol–water partition coefficient (Wildman–Crippen LogP) is 2.37. The molecule has 0 aromatic heterocycles. The summed E-state index contributed by atoms with van der Waals surface area (Å²) >= 11 is 0. The molecule has 0 spiro atoms. The van der Waals surface area contributed by atoms with Crippen molar-refractivity contribution in [2.45, 2.75) is 64.3 Å². The highest BCUT2D eigenvalue weighted by molar-refractivity contribution is 4.97. The number of hydrogen-bond donors (Lipinski definition) is 1. The fourth-order valence-electron chi connectivity index (χ4n) is 3.48. The van der Waals surface area contributed by atoms with E-state index in [1.54, 1.807) is 0 Å². The van der Waals surface area contributed by atoms with Gasteiger partial charge >= 0.3 is 0 Å². The van der Waals surface area contributed by atoms with Crippen LogP contribution in [0.2, 0.25) is 0 Å². The van der Waals surface area contributed by atoms with Gasteiger partial charge in [0.1, 0.15) is 0 Å². The SMILES string of the molecule is CC1(C)CC(C(O)CC2CCOC2)C(C)(C)O1. The van der Waals surface area contributed by atoms with Crippen LogP contribution in [0.15, 0.2) is 0 Å². The van der Waals surface area contributed by atoms with Gasteiger partial charge in [-0.3, -0.25) is 0 Å². The number of hydrogen-bond acceptors (Lipinski definition) is 3. The van der Waals surface area contributed by atoms with Gasteiger partial charge in [0, 0.05) is 19.1 Å². The fraction of sp³-hybridized carbons (Fsp3) is 1.00. The van der Waals surface area contributed by atoms with E-state index in [0.717, 1.165) is 32.5 Å². The molecule has 1 N–H and O–H groups in total. The van der Waals surface area contributed by atoms with E-state index in [4.69, 9.17) is 9.47 Å². The predicted molar refractivity (Wildman–Crippen MR) is 66.9 cm³/mol. The lowest BCUT2D eigenvalue weighted by molar-refractivity contribution is -0.0893. The first-order chi connectivity index (χ1) is 7.80. The van der Waals surface area contributed by atoms with E-state index in [1.807, 2.05) is 0 Å². The highest BCUT2D eigenvalue weighted by Crippen LogP contribution is 2.44. The maximum atomic E-state index is 10.4. The van der Waals surface area contributed by atoms with Crippen LogP contribution in [-0.2, 0) is 9.47 Å². The smallest absolute Gasteiger partial charge is 0.0687 e. The fourth-order valence-corrected chi connectivity index (χ4v) is 3.48. The Hall–Kier alpha value is -0.120. The molecule has 3 atom stereocenters. The van der Waals surface area contributed by atoms with Crippen molar-refractivity contribution < 1.29 is 14.6 Å². The van der Waals surface area contributed by atoms with Gasteiger partial charge in [-0.25, -0.2) is 0 Å². The zero-order valence-corrected chi connectivity index (χ0v) is 11.5. The van der Waals surface area contributed by atoms with Gasteiger partial charge in [-0.15, -0.1) is 0 Å². The molecule has 0 aliphatic carbocycles. The van der Waals surface area contributed by atoms with Crippen molar-refractivity contribution in [1.82, 2.24) is 0 Å². The summed E-state index contributed by atoms with van der Waals surface area (Å²) in [5, 5.41) is 10.4. The lowest BCUT2D eigenvalue weighted by Crippen LogP contribution is -2.37. The Morgan fingerprint density at radius 2 is 2.00 bits per heavy atom. The molecule has 2 aliphatic rings. The van der Waals surface area contributed by atoms with E-state index in [-0.39, 0.29) is 23.2 Å². The van der Waals surface area contributed by atoms with Gasteiger partial charge in [-0.05, 0) is 52.9 Å². The zero-order valence-electron chi connectivity index (χ0n) is 11.5. The van der Waals surface area contributed by atoms with Crippen molar-refractivity contribution in [2.24, 2.45) is 11.8 Å². The average molecular weight is 242 g/mol. The van der Waals surface area contributed by atoms with Crippen LogP contribution in [0.1, 0.15) is 47.0 Å². The molecule has 3 nitrogen and oxygen atoms in total. The first-order valence-corrected chi connectivity index (χ1v) is 6.76. The van der Waals surface area contributed by atoms with E-state index in [1.165, 1.54) is 0 Å². The standard InChI is InChI=1S/C14H26O3/c1-13(2)8-11(14(3,4)17-13)12(15)7-10-5-6-16-9-10/h10-12,15H,5-9H2,1-4H3. The second-order valence-corrected chi connectivity index (χ2v) is 6.81. The molecule has 17 heavy (non-hydrogen) atoms. The van der Waals surface area contributed by atoms with Gasteiger partial charge in [0.2, 0.25) is 0 Å². The monoisotopic (exact) mass is 242 g/mol. The van der Waals surface area contributed by atoms with Crippen LogP contribution in [0.4, 0.5) is 0 Å². The maximum absolute atomic E-state index is 10.4. The quantitative estimate of drug-likeness (QED) is 0.825. The Bertz CT molecular complexity index is 267. The molecule has 0 aromatic rings. The first kappa shape index (κ1) is 13.3. The van der Waals surface area contributed by atoms with Gasteiger partial charge in [0.05, 0.1) is 17.3 Å². The third kappa shape index (κ3) is 3.01. The molecular formula is C14H26O3. The molecule has 2 saturated heterocycles. The summed E-state index contributed by atoms with van der Waals surface area (Å²) in [6.07, 6.45) is 2.62. The Labute approximate surface area is 104 Å². The van der Waals surface area contributed by atoms with Crippen LogP contribution in [0, 0.1) is 11.8 Å². The molecule has 100 valence electrons. The number of rotatable bonds is 3. The Morgan fingerprint density at radius 3 is 2.47 bits per heavy atom. The normalized spacial score (nSPS) is 37.2. The third-order valence-electron chi connectivity index (χ3n) is 4.21. The van der Waals surface area contributed by atoms with Crippen molar-refractivity contribution in [3.8, 4) is 0 Å². The molecular weight excluding hydrogens is 216 g/mol. The molecule has 2 heterocycles. The van der Waals surface area contributed by atoms with Crippen molar-refractivity contribution in [3.05, 3.63) is 0 Å². The van der Waals surface area contributed by atoms with Crippen LogP contribution in [-0.4, -0.2) is 35.6 Å². The molecule has 2 aliphatic heterocycles. The van der Waals surface area contributed by atoms with Crippen molar-refractivity contribution in [2.75, 3.05) is 13.2 Å². The van der Waals surface area contributed by atoms with Crippen LogP contribution in [0.25, 0.3) is 0 Å². The minimum Gasteiger partial charge on any atom is -0.393 e. The molecule has 0 aromatic carbocycles. The number of aliphatic hydroxyl groups is 1. The van der Waals surface area contributed by atoms with Crippen LogP contribution < -0.4 is 0 Å². The zero-order chi connectivity index (χ0) is 12.7. The second kappa shape index (κ2) is 4.52. The maximum Gasteiger partial charge on any atom is 0.0687 e. The molecule has 2 fully saturated rings. The Kier molecular flexibility index (Phi) is 3.54. The minimum absolute atomic E-state index is 0.110. The topological polar surface area (TPSA) is 38.7 Å². The lowest BCUT2D eigenvalue weighted by Gasteiger charge is -2.31. The summed E-state index contributed by atoms with van der Waals surface area (Å²) in [4.78, 5) is 0. The highest BCUT2D eigenvalue weighted by Gasteiger charge is 2.49. The Balaban J connectivity index is 1.96. The van der Waals surface area contributed by atoms with Gasteiger partial charge in [0.25, 0.3) is 0 Å².